The second kappa shape index (κ2) is 4.77. The number of anilines is 1. The Kier molecular flexibility index (Phi) is 3.66. The lowest BCUT2D eigenvalue weighted by atomic mass is 10.0. The molecular formula is C11H17N3O. The van der Waals surface area contributed by atoms with Crippen LogP contribution in [0.2, 0.25) is 0 Å². The van der Waals surface area contributed by atoms with Crippen LogP contribution in [0.15, 0.2) is 24.5 Å². The summed E-state index contributed by atoms with van der Waals surface area (Å²) < 4.78 is 0. The summed E-state index contributed by atoms with van der Waals surface area (Å²) in [5, 5.41) is 0. The normalized spacial score (nSPS) is 12.5. The molecule has 1 aromatic rings. The molecule has 0 fully saturated rings. The number of carbonyl (C=O) groups excluding carboxylic acids is 1. The van der Waals surface area contributed by atoms with Crippen molar-refractivity contribution in [2.24, 2.45) is 11.7 Å². The van der Waals surface area contributed by atoms with Gasteiger partial charge >= 0.3 is 0 Å². The van der Waals surface area contributed by atoms with Gasteiger partial charge in [0.05, 0.1) is 11.9 Å². The molecule has 1 unspecified atom stereocenters. The number of nitrogens with two attached hydrogens (primary N) is 1. The van der Waals surface area contributed by atoms with Crippen LogP contribution >= 0.6 is 0 Å². The number of likely N-dealkylation sites (N-methyl/N-ethyl adjacent to an activating group) is 1. The standard InChI is InChI=1S/C11H17N3O/c1-8(2)10(11(12)15)14(3)9-5-4-6-13-7-9/h4-8,10H,1-3H3,(H2,12,15). The molecule has 1 atom stereocenters. The molecule has 15 heavy (non-hydrogen) atoms. The van der Waals surface area contributed by atoms with Gasteiger partial charge in [-0.05, 0) is 18.1 Å². The van der Waals surface area contributed by atoms with Crippen LogP contribution in [0.4, 0.5) is 5.69 Å². The summed E-state index contributed by atoms with van der Waals surface area (Å²) in [4.78, 5) is 17.2. The molecule has 0 saturated heterocycles. The second-order valence-electron chi connectivity index (χ2n) is 3.91. The molecule has 0 aromatic carbocycles. The monoisotopic (exact) mass is 207 g/mol. The van der Waals surface area contributed by atoms with Crippen LogP contribution in [-0.2, 0) is 4.79 Å². The predicted molar refractivity (Wildman–Crippen MR) is 60.5 cm³/mol. The van der Waals surface area contributed by atoms with E-state index in [1.807, 2.05) is 37.9 Å². The molecule has 1 amide bonds. The average Bonchev–Trinajstić information content (AvgIpc) is 2.18. The summed E-state index contributed by atoms with van der Waals surface area (Å²) in [6, 6.07) is 3.45. The van der Waals surface area contributed by atoms with Crippen LogP contribution in [0.1, 0.15) is 13.8 Å². The number of rotatable bonds is 4. The Morgan fingerprint density at radius 1 is 1.53 bits per heavy atom. The van der Waals surface area contributed by atoms with Gasteiger partial charge in [-0.1, -0.05) is 13.8 Å². The maximum atomic E-state index is 11.3. The van der Waals surface area contributed by atoms with Crippen molar-refractivity contribution in [1.82, 2.24) is 4.98 Å². The molecule has 2 N–H and O–H groups in total. The fourth-order valence-corrected chi connectivity index (χ4v) is 1.69. The number of carbonyl (C=O) groups is 1. The third-order valence-electron chi connectivity index (χ3n) is 2.39. The third kappa shape index (κ3) is 2.68. The lowest BCUT2D eigenvalue weighted by Crippen LogP contribution is -2.46. The number of amides is 1. The van der Waals surface area contributed by atoms with Gasteiger partial charge in [0, 0.05) is 13.2 Å². The first kappa shape index (κ1) is 11.5. The Labute approximate surface area is 90.1 Å². The van der Waals surface area contributed by atoms with Crippen LogP contribution in [0.3, 0.4) is 0 Å². The molecule has 4 nitrogen and oxygen atoms in total. The maximum Gasteiger partial charge on any atom is 0.240 e. The van der Waals surface area contributed by atoms with E-state index in [1.54, 1.807) is 12.4 Å². The highest BCUT2D eigenvalue weighted by Crippen LogP contribution is 2.17. The van der Waals surface area contributed by atoms with Gasteiger partial charge in [-0.2, -0.15) is 0 Å². The minimum atomic E-state index is -0.309. The summed E-state index contributed by atoms with van der Waals surface area (Å²) in [5.74, 6) is -0.135. The van der Waals surface area contributed by atoms with Gasteiger partial charge in [-0.15, -0.1) is 0 Å². The zero-order valence-electron chi connectivity index (χ0n) is 9.34. The summed E-state index contributed by atoms with van der Waals surface area (Å²) in [6.45, 7) is 3.95. The number of hydrogen-bond acceptors (Lipinski definition) is 3. The van der Waals surface area contributed by atoms with Crippen molar-refractivity contribution < 1.29 is 4.79 Å². The Balaban J connectivity index is 2.91. The number of nitrogens with zero attached hydrogens (tertiary/aromatic N) is 2. The van der Waals surface area contributed by atoms with Crippen molar-refractivity contribution in [3.63, 3.8) is 0 Å². The minimum absolute atomic E-state index is 0.174. The van der Waals surface area contributed by atoms with Crippen LogP contribution in [0.25, 0.3) is 0 Å². The fourth-order valence-electron chi connectivity index (χ4n) is 1.69. The van der Waals surface area contributed by atoms with Crippen molar-refractivity contribution >= 4 is 11.6 Å². The van der Waals surface area contributed by atoms with Crippen molar-refractivity contribution in [3.8, 4) is 0 Å². The van der Waals surface area contributed by atoms with Gasteiger partial charge in [0.15, 0.2) is 0 Å². The topological polar surface area (TPSA) is 59.2 Å². The molecule has 0 aliphatic carbocycles. The summed E-state index contributed by atoms with van der Waals surface area (Å²) in [7, 11) is 1.85. The van der Waals surface area contributed by atoms with Gasteiger partial charge in [0.2, 0.25) is 5.91 Å². The van der Waals surface area contributed by atoms with Crippen molar-refractivity contribution in [2.45, 2.75) is 19.9 Å². The number of hydrogen-bond donors (Lipinski definition) is 1. The molecule has 82 valence electrons. The molecule has 0 radical (unpaired) electrons. The highest BCUT2D eigenvalue weighted by Gasteiger charge is 2.24. The molecule has 1 rings (SSSR count). The summed E-state index contributed by atoms with van der Waals surface area (Å²) >= 11 is 0. The smallest absolute Gasteiger partial charge is 0.240 e. The molecule has 4 heteroatoms. The molecule has 0 aliphatic rings. The van der Waals surface area contributed by atoms with Crippen molar-refractivity contribution in [2.75, 3.05) is 11.9 Å². The predicted octanol–water partition coefficient (Wildman–Crippen LogP) is 1.03. The minimum Gasteiger partial charge on any atom is -0.368 e. The number of aromatic nitrogens is 1. The average molecular weight is 207 g/mol. The molecule has 1 aromatic heterocycles. The number of primary amides is 1. The van der Waals surface area contributed by atoms with E-state index >= 15 is 0 Å². The molecule has 0 bridgehead atoms. The van der Waals surface area contributed by atoms with Gasteiger partial charge in [0.25, 0.3) is 0 Å². The van der Waals surface area contributed by atoms with E-state index in [4.69, 9.17) is 5.73 Å². The third-order valence-corrected chi connectivity index (χ3v) is 2.39. The molecule has 0 spiro atoms. The van der Waals surface area contributed by atoms with Gasteiger partial charge in [0.1, 0.15) is 6.04 Å². The summed E-state index contributed by atoms with van der Waals surface area (Å²) in [6.07, 6.45) is 3.42. The Morgan fingerprint density at radius 2 is 2.20 bits per heavy atom. The fraction of sp³-hybridized carbons (Fsp3) is 0.455. The van der Waals surface area contributed by atoms with Crippen LogP contribution in [0.5, 0.6) is 0 Å². The highest BCUT2D eigenvalue weighted by molar-refractivity contribution is 5.83. The largest absolute Gasteiger partial charge is 0.368 e. The van der Waals surface area contributed by atoms with Crippen LogP contribution in [0, 0.1) is 5.92 Å². The van der Waals surface area contributed by atoms with E-state index in [-0.39, 0.29) is 17.9 Å². The molecule has 0 saturated carbocycles. The molecule has 0 aliphatic heterocycles. The summed E-state index contributed by atoms with van der Waals surface area (Å²) in [5.41, 5.74) is 6.27. The van der Waals surface area contributed by atoms with Crippen molar-refractivity contribution in [1.29, 1.82) is 0 Å². The molecule has 1 heterocycles. The molecular weight excluding hydrogens is 190 g/mol. The van der Waals surface area contributed by atoms with E-state index in [2.05, 4.69) is 4.98 Å². The van der Waals surface area contributed by atoms with Gasteiger partial charge < -0.3 is 10.6 Å². The van der Waals surface area contributed by atoms with Crippen LogP contribution in [-0.4, -0.2) is 24.0 Å². The second-order valence-corrected chi connectivity index (χ2v) is 3.91. The van der Waals surface area contributed by atoms with Crippen molar-refractivity contribution in [3.05, 3.63) is 24.5 Å². The lowest BCUT2D eigenvalue weighted by molar-refractivity contribution is -0.120. The SMILES string of the molecule is CC(C)C(C(N)=O)N(C)c1cccnc1. The first-order valence-corrected chi connectivity index (χ1v) is 4.96. The van der Waals surface area contributed by atoms with E-state index in [9.17, 15) is 4.79 Å². The Morgan fingerprint density at radius 3 is 2.60 bits per heavy atom. The lowest BCUT2D eigenvalue weighted by Gasteiger charge is -2.30. The zero-order valence-corrected chi connectivity index (χ0v) is 9.34. The maximum absolute atomic E-state index is 11.3. The van der Waals surface area contributed by atoms with E-state index in [0.29, 0.717) is 0 Å². The van der Waals surface area contributed by atoms with Crippen LogP contribution < -0.4 is 10.6 Å². The first-order chi connectivity index (χ1) is 7.04. The zero-order chi connectivity index (χ0) is 11.4. The van der Waals surface area contributed by atoms with E-state index < -0.39 is 0 Å². The number of pyridine rings is 1. The first-order valence-electron chi connectivity index (χ1n) is 4.96. The van der Waals surface area contributed by atoms with Gasteiger partial charge in [-0.25, -0.2) is 0 Å². The Bertz CT molecular complexity index is 324. The highest BCUT2D eigenvalue weighted by atomic mass is 16.1. The quantitative estimate of drug-likeness (QED) is 0.802. The van der Waals surface area contributed by atoms with E-state index in [0.717, 1.165) is 5.69 Å². The Hall–Kier alpha value is -1.58. The van der Waals surface area contributed by atoms with Gasteiger partial charge in [-0.3, -0.25) is 9.78 Å². The van der Waals surface area contributed by atoms with E-state index in [1.165, 1.54) is 0 Å².